The minimum absolute atomic E-state index is 0.122. The molecular formula is C42H22F4O4S2. The normalized spacial score (nSPS) is 17.1. The molecule has 0 unspecified atom stereocenters. The summed E-state index contributed by atoms with van der Waals surface area (Å²) in [6.45, 7) is 0. The van der Waals surface area contributed by atoms with Crippen molar-refractivity contribution in [2.45, 2.75) is 37.5 Å². The van der Waals surface area contributed by atoms with E-state index in [1.165, 1.54) is 46.0 Å². The van der Waals surface area contributed by atoms with Crippen molar-refractivity contribution in [2.75, 3.05) is 0 Å². The molecule has 0 radical (unpaired) electrons. The number of rotatable bonds is 2. The average molecular weight is 731 g/mol. The highest BCUT2D eigenvalue weighted by molar-refractivity contribution is 7.20. The van der Waals surface area contributed by atoms with Gasteiger partial charge >= 0.3 is 0 Å². The zero-order chi connectivity index (χ0) is 35.8. The molecule has 1 spiro atoms. The number of carbonyl (C=O) groups is 4. The Balaban J connectivity index is 1.06. The van der Waals surface area contributed by atoms with Gasteiger partial charge in [0.2, 0.25) is 0 Å². The third kappa shape index (κ3) is 4.31. The minimum Gasteiger partial charge on any atom is -0.288 e. The Morgan fingerprint density at radius 1 is 0.462 bits per heavy atom. The molecule has 0 amide bonds. The highest BCUT2D eigenvalue weighted by Gasteiger charge is 2.44. The number of carbonyl (C=O) groups excluding carboxylic acids is 4. The van der Waals surface area contributed by atoms with E-state index in [1.54, 1.807) is 0 Å². The second-order valence-electron chi connectivity index (χ2n) is 13.9. The van der Waals surface area contributed by atoms with Gasteiger partial charge in [0.1, 0.15) is 0 Å². The van der Waals surface area contributed by atoms with Crippen LogP contribution in [0.3, 0.4) is 0 Å². The number of hydrogen-bond acceptors (Lipinski definition) is 6. The van der Waals surface area contributed by atoms with Crippen LogP contribution in [-0.2, 0) is 5.41 Å². The molecule has 0 atom stereocenters. The summed E-state index contributed by atoms with van der Waals surface area (Å²) in [6, 6.07) is 15.8. The number of thiophene rings is 2. The second kappa shape index (κ2) is 10.8. The van der Waals surface area contributed by atoms with Gasteiger partial charge in [-0.15, -0.1) is 22.7 Å². The Morgan fingerprint density at radius 2 is 0.827 bits per heavy atom. The van der Waals surface area contributed by atoms with Gasteiger partial charge in [0.25, 0.3) is 0 Å². The SMILES string of the molecule is O=C1C(=Cc2cc3cc4c(cc3s2)-c2cc3sc(C=C5C(=O)c6cc(F)c(F)cc6C5=O)cc3cc2C42CCCCC2)C(=O)c2cc(F)c(F)cc21. The average Bonchev–Trinajstić information content (AvgIpc) is 3.89. The van der Waals surface area contributed by atoms with Crippen molar-refractivity contribution in [2.24, 2.45) is 0 Å². The summed E-state index contributed by atoms with van der Waals surface area (Å²) in [4.78, 5) is 53.6. The maximum atomic E-state index is 13.9. The van der Waals surface area contributed by atoms with Gasteiger partial charge < -0.3 is 0 Å². The maximum absolute atomic E-state index is 13.9. The molecule has 4 nitrogen and oxygen atoms in total. The number of halogens is 4. The molecule has 1 saturated carbocycles. The number of fused-ring (bicyclic) bond motifs is 9. The van der Waals surface area contributed by atoms with Crippen LogP contribution in [0.4, 0.5) is 17.6 Å². The molecule has 0 aliphatic heterocycles. The Morgan fingerprint density at radius 3 is 1.19 bits per heavy atom. The van der Waals surface area contributed by atoms with E-state index in [0.717, 1.165) is 87.7 Å². The Hall–Kier alpha value is -5.32. The number of benzene rings is 4. The Bertz CT molecular complexity index is 2520. The first-order valence-corrected chi connectivity index (χ1v) is 18.4. The molecule has 0 saturated heterocycles. The predicted octanol–water partition coefficient (Wildman–Crippen LogP) is 10.8. The van der Waals surface area contributed by atoms with Crippen LogP contribution in [0.25, 0.3) is 43.5 Å². The molecule has 4 aliphatic carbocycles. The zero-order valence-electron chi connectivity index (χ0n) is 26.9. The molecule has 2 heterocycles. The van der Waals surface area contributed by atoms with Crippen LogP contribution < -0.4 is 0 Å². The van der Waals surface area contributed by atoms with E-state index in [9.17, 15) is 36.7 Å². The number of allylic oxidation sites excluding steroid dienone is 2. The van der Waals surface area contributed by atoms with Crippen LogP contribution in [0.5, 0.6) is 0 Å². The summed E-state index contributed by atoms with van der Waals surface area (Å²) in [7, 11) is 0. The lowest BCUT2D eigenvalue weighted by Crippen LogP contribution is -2.28. The lowest BCUT2D eigenvalue weighted by Gasteiger charge is -2.36. The summed E-state index contributed by atoms with van der Waals surface area (Å²) in [5.41, 5.74) is 3.67. The van der Waals surface area contributed by atoms with Crippen molar-refractivity contribution in [1.82, 2.24) is 0 Å². The third-order valence-corrected chi connectivity index (χ3v) is 13.1. The van der Waals surface area contributed by atoms with Crippen molar-refractivity contribution in [3.63, 3.8) is 0 Å². The molecule has 1 fully saturated rings. The van der Waals surface area contributed by atoms with Gasteiger partial charge in [0, 0.05) is 46.8 Å². The van der Waals surface area contributed by atoms with E-state index in [2.05, 4.69) is 24.3 Å². The molecular weight excluding hydrogens is 709 g/mol. The molecule has 254 valence electrons. The first-order chi connectivity index (χ1) is 25.0. The fraction of sp³-hybridized carbons (Fsp3) is 0.143. The quantitative estimate of drug-likeness (QED) is 0.101. The first-order valence-electron chi connectivity index (χ1n) is 16.8. The van der Waals surface area contributed by atoms with Gasteiger partial charge in [-0.05, 0) is 119 Å². The van der Waals surface area contributed by atoms with Gasteiger partial charge in [0.15, 0.2) is 46.4 Å². The van der Waals surface area contributed by atoms with Crippen molar-refractivity contribution < 1.29 is 36.7 Å². The second-order valence-corrected chi connectivity index (χ2v) is 16.1. The first kappa shape index (κ1) is 31.4. The van der Waals surface area contributed by atoms with E-state index >= 15 is 0 Å². The summed E-state index contributed by atoms with van der Waals surface area (Å²) >= 11 is 2.85. The summed E-state index contributed by atoms with van der Waals surface area (Å²) in [6.07, 6.45) is 8.22. The lowest BCUT2D eigenvalue weighted by molar-refractivity contribution is 0.0975. The molecule has 10 heteroatoms. The summed E-state index contributed by atoms with van der Waals surface area (Å²) in [5.74, 6) is -7.22. The predicted molar refractivity (Wildman–Crippen MR) is 193 cm³/mol. The number of ketones is 4. The summed E-state index contributed by atoms with van der Waals surface area (Å²) in [5, 5.41) is 1.95. The van der Waals surface area contributed by atoms with Crippen LogP contribution in [-0.4, -0.2) is 23.1 Å². The smallest absolute Gasteiger partial charge is 0.197 e. The Labute approximate surface area is 300 Å². The van der Waals surface area contributed by atoms with Crippen molar-refractivity contribution in [1.29, 1.82) is 0 Å². The lowest BCUT2D eigenvalue weighted by atomic mass is 9.67. The van der Waals surface area contributed by atoms with E-state index in [0.29, 0.717) is 9.75 Å². The van der Waals surface area contributed by atoms with Crippen LogP contribution in [0.15, 0.2) is 71.8 Å². The number of Topliss-reactive ketones (excluding diaryl/α,β-unsaturated/α-hetero) is 4. The molecule has 10 rings (SSSR count). The van der Waals surface area contributed by atoms with Crippen LogP contribution in [0.1, 0.15) is 94.4 Å². The van der Waals surface area contributed by atoms with Crippen molar-refractivity contribution in [3.8, 4) is 11.1 Å². The van der Waals surface area contributed by atoms with Crippen molar-refractivity contribution >= 4 is 78.1 Å². The van der Waals surface area contributed by atoms with Gasteiger partial charge in [-0.3, -0.25) is 19.2 Å². The maximum Gasteiger partial charge on any atom is 0.197 e. The van der Waals surface area contributed by atoms with Crippen molar-refractivity contribution in [3.05, 3.63) is 138 Å². The molecule has 0 bridgehead atoms. The molecule has 0 N–H and O–H groups in total. The fourth-order valence-corrected chi connectivity index (χ4v) is 10.7. The fourth-order valence-electron chi connectivity index (χ4n) is 8.61. The zero-order valence-corrected chi connectivity index (χ0v) is 28.6. The molecule has 52 heavy (non-hydrogen) atoms. The summed E-state index contributed by atoms with van der Waals surface area (Å²) < 4.78 is 57.5. The van der Waals surface area contributed by atoms with Crippen LogP contribution >= 0.6 is 22.7 Å². The van der Waals surface area contributed by atoms with Gasteiger partial charge in [-0.2, -0.15) is 0 Å². The monoisotopic (exact) mass is 730 g/mol. The van der Waals surface area contributed by atoms with Crippen LogP contribution in [0.2, 0.25) is 0 Å². The largest absolute Gasteiger partial charge is 0.288 e. The van der Waals surface area contributed by atoms with E-state index < -0.39 is 46.4 Å². The number of hydrogen-bond donors (Lipinski definition) is 0. The topological polar surface area (TPSA) is 68.3 Å². The van der Waals surface area contributed by atoms with Crippen LogP contribution in [0, 0.1) is 23.3 Å². The highest BCUT2D eigenvalue weighted by Crippen LogP contribution is 2.58. The standard InChI is InChI=1S/C42H22F4O4S2/c43-32-12-24-25(13-33(32)44)39(48)28(38(24)47)10-20-6-18-8-30-22(16-36(18)51-20)23-17-37-19(9-31(23)42(30)4-2-1-3-5-42)7-21(52-37)11-29-40(49)26-14-34(45)35(46)15-27(26)41(29)50/h6-17H,1-5H2. The van der Waals surface area contributed by atoms with E-state index in [4.69, 9.17) is 0 Å². The molecule has 6 aromatic rings. The molecule has 4 aromatic carbocycles. The third-order valence-electron chi connectivity index (χ3n) is 11.0. The Kier molecular flexibility index (Phi) is 6.56. The molecule has 4 aliphatic rings. The minimum atomic E-state index is -1.18. The highest BCUT2D eigenvalue weighted by atomic mass is 32.1. The van der Waals surface area contributed by atoms with E-state index in [-0.39, 0.29) is 38.8 Å². The molecule has 2 aromatic heterocycles. The van der Waals surface area contributed by atoms with Gasteiger partial charge in [-0.25, -0.2) is 17.6 Å². The van der Waals surface area contributed by atoms with E-state index in [1.807, 2.05) is 12.1 Å². The van der Waals surface area contributed by atoms with Gasteiger partial charge in [0.05, 0.1) is 11.1 Å². The van der Waals surface area contributed by atoms with Gasteiger partial charge in [-0.1, -0.05) is 19.3 Å².